The molecule has 1 amide bonds. The summed E-state index contributed by atoms with van der Waals surface area (Å²) in [4.78, 5) is 18.0. The Morgan fingerprint density at radius 3 is 2.71 bits per heavy atom. The predicted octanol–water partition coefficient (Wildman–Crippen LogP) is 4.47. The van der Waals surface area contributed by atoms with Gasteiger partial charge in [-0.25, -0.2) is 0 Å². The number of allylic oxidation sites excluding steroid dienone is 2. The number of nitrogens with zero attached hydrogens (tertiary/aromatic N) is 3. The van der Waals surface area contributed by atoms with E-state index >= 15 is 0 Å². The van der Waals surface area contributed by atoms with E-state index in [0.717, 1.165) is 47.8 Å². The Labute approximate surface area is 205 Å². The number of amides is 1. The number of carbonyl (C=O) groups is 1. The maximum Gasteiger partial charge on any atom is 0.270 e. The fourth-order valence-electron chi connectivity index (χ4n) is 4.69. The molecule has 0 spiro atoms. The molecular weight excluding hydrogens is 442 g/mol. The number of fused-ring (bicyclic) bond motifs is 2. The number of piperazine rings is 1. The van der Waals surface area contributed by atoms with Gasteiger partial charge < -0.3 is 23.7 Å². The van der Waals surface area contributed by atoms with Crippen LogP contribution < -0.4 is 14.2 Å². The molecule has 3 aromatic rings. The smallest absolute Gasteiger partial charge is 0.270 e. The number of carbonyl (C=O) groups excluding carboxylic acids is 1. The van der Waals surface area contributed by atoms with Crippen molar-refractivity contribution in [3.8, 4) is 17.2 Å². The van der Waals surface area contributed by atoms with Crippen molar-refractivity contribution in [2.24, 2.45) is 0 Å². The van der Waals surface area contributed by atoms with Gasteiger partial charge in [-0.05, 0) is 42.8 Å². The number of rotatable bonds is 8. The summed E-state index contributed by atoms with van der Waals surface area (Å²) in [5.41, 5.74) is 2.87. The predicted molar refractivity (Wildman–Crippen MR) is 136 cm³/mol. The van der Waals surface area contributed by atoms with Crippen molar-refractivity contribution >= 4 is 16.8 Å². The van der Waals surface area contributed by atoms with Gasteiger partial charge in [-0.2, -0.15) is 0 Å². The van der Waals surface area contributed by atoms with Gasteiger partial charge in [0, 0.05) is 44.7 Å². The molecule has 0 aliphatic carbocycles. The Bertz CT molecular complexity index is 1250. The molecular formula is C28H31N3O4. The Morgan fingerprint density at radius 2 is 1.91 bits per heavy atom. The molecule has 2 aromatic carbocycles. The van der Waals surface area contributed by atoms with Crippen molar-refractivity contribution in [1.82, 2.24) is 14.4 Å². The van der Waals surface area contributed by atoms with E-state index in [-0.39, 0.29) is 12.7 Å². The molecule has 0 atom stereocenters. The quantitative estimate of drug-likeness (QED) is 0.452. The highest BCUT2D eigenvalue weighted by atomic mass is 16.7. The lowest BCUT2D eigenvalue weighted by molar-refractivity contribution is 0.0619. The van der Waals surface area contributed by atoms with Crippen LogP contribution in [-0.2, 0) is 13.1 Å². The summed E-state index contributed by atoms with van der Waals surface area (Å²) in [6.45, 7) is 10.9. The zero-order chi connectivity index (χ0) is 24.2. The van der Waals surface area contributed by atoms with Crippen molar-refractivity contribution < 1.29 is 19.0 Å². The van der Waals surface area contributed by atoms with Crippen LogP contribution in [0.5, 0.6) is 17.2 Å². The standard InChI is InChI=1S/C28H31N3O4/c1-3-5-11-31-23-7-6-8-25(33-16-4-2)22(23)18-24(31)28(32)30-14-12-29(13-15-30)19-21-9-10-26-27(17-21)35-20-34-26/h3-10,17-18H,2,11-16,19-20H2,1H3/b5-3-. The summed E-state index contributed by atoms with van der Waals surface area (Å²) in [5, 5.41) is 0.948. The molecule has 0 saturated carbocycles. The molecule has 1 fully saturated rings. The van der Waals surface area contributed by atoms with Gasteiger partial charge in [-0.1, -0.05) is 36.9 Å². The molecule has 7 heteroatoms. The van der Waals surface area contributed by atoms with Crippen LogP contribution in [0.25, 0.3) is 10.9 Å². The molecule has 7 nitrogen and oxygen atoms in total. The van der Waals surface area contributed by atoms with Gasteiger partial charge in [0.05, 0.1) is 5.52 Å². The summed E-state index contributed by atoms with van der Waals surface area (Å²) in [6, 6.07) is 14.0. The topological polar surface area (TPSA) is 56.2 Å². The average molecular weight is 474 g/mol. The molecule has 0 bridgehead atoms. The molecule has 2 aliphatic heterocycles. The third kappa shape index (κ3) is 4.77. The summed E-state index contributed by atoms with van der Waals surface area (Å²) >= 11 is 0. The van der Waals surface area contributed by atoms with E-state index in [0.29, 0.717) is 31.9 Å². The fourth-order valence-corrected chi connectivity index (χ4v) is 4.69. The number of aromatic nitrogens is 1. The van der Waals surface area contributed by atoms with Crippen molar-refractivity contribution in [2.75, 3.05) is 39.6 Å². The van der Waals surface area contributed by atoms with E-state index in [2.05, 4.69) is 28.2 Å². The van der Waals surface area contributed by atoms with Gasteiger partial charge in [-0.15, -0.1) is 0 Å². The van der Waals surface area contributed by atoms with E-state index in [1.54, 1.807) is 6.08 Å². The van der Waals surface area contributed by atoms with Crippen LogP contribution in [0.3, 0.4) is 0 Å². The van der Waals surface area contributed by atoms with Gasteiger partial charge in [0.1, 0.15) is 18.1 Å². The normalized spacial score (nSPS) is 15.7. The fraction of sp³-hybridized carbons (Fsp3) is 0.321. The second kappa shape index (κ2) is 10.3. The minimum atomic E-state index is 0.0584. The van der Waals surface area contributed by atoms with Gasteiger partial charge in [0.2, 0.25) is 6.79 Å². The lowest BCUT2D eigenvalue weighted by Gasteiger charge is -2.35. The molecule has 35 heavy (non-hydrogen) atoms. The molecule has 0 N–H and O–H groups in total. The van der Waals surface area contributed by atoms with Crippen LogP contribution in [0.1, 0.15) is 23.0 Å². The number of ether oxygens (including phenoxy) is 3. The van der Waals surface area contributed by atoms with Crippen LogP contribution in [0.4, 0.5) is 0 Å². The molecule has 0 radical (unpaired) electrons. The first-order chi connectivity index (χ1) is 17.2. The monoisotopic (exact) mass is 473 g/mol. The van der Waals surface area contributed by atoms with E-state index < -0.39 is 0 Å². The first-order valence-electron chi connectivity index (χ1n) is 12.0. The summed E-state index contributed by atoms with van der Waals surface area (Å²) in [5.74, 6) is 2.43. The zero-order valence-corrected chi connectivity index (χ0v) is 20.1. The molecule has 3 heterocycles. The van der Waals surface area contributed by atoms with E-state index in [1.165, 1.54) is 5.56 Å². The summed E-state index contributed by atoms with van der Waals surface area (Å²) in [6.07, 6.45) is 5.80. The van der Waals surface area contributed by atoms with E-state index in [1.807, 2.05) is 54.3 Å². The maximum atomic E-state index is 13.6. The summed E-state index contributed by atoms with van der Waals surface area (Å²) in [7, 11) is 0. The average Bonchev–Trinajstić information content (AvgIpc) is 3.50. The maximum absolute atomic E-state index is 13.6. The van der Waals surface area contributed by atoms with Crippen LogP contribution in [0.2, 0.25) is 0 Å². The number of hydrogen-bond acceptors (Lipinski definition) is 5. The van der Waals surface area contributed by atoms with Gasteiger partial charge in [0.15, 0.2) is 11.5 Å². The van der Waals surface area contributed by atoms with E-state index in [4.69, 9.17) is 14.2 Å². The highest BCUT2D eigenvalue weighted by Crippen LogP contribution is 2.33. The first-order valence-corrected chi connectivity index (χ1v) is 12.0. The van der Waals surface area contributed by atoms with Crippen molar-refractivity contribution in [3.05, 3.63) is 78.5 Å². The highest BCUT2D eigenvalue weighted by Gasteiger charge is 2.26. The lowest BCUT2D eigenvalue weighted by Crippen LogP contribution is -2.48. The van der Waals surface area contributed by atoms with E-state index in [9.17, 15) is 4.79 Å². The van der Waals surface area contributed by atoms with Gasteiger partial charge >= 0.3 is 0 Å². The second-order valence-corrected chi connectivity index (χ2v) is 8.75. The van der Waals surface area contributed by atoms with Gasteiger partial charge in [0.25, 0.3) is 5.91 Å². The largest absolute Gasteiger partial charge is 0.489 e. The molecule has 5 rings (SSSR count). The molecule has 0 unspecified atom stereocenters. The van der Waals surface area contributed by atoms with Crippen molar-refractivity contribution in [3.63, 3.8) is 0 Å². The Morgan fingerprint density at radius 1 is 1.09 bits per heavy atom. The Balaban J connectivity index is 1.31. The van der Waals surface area contributed by atoms with Crippen molar-refractivity contribution in [1.29, 1.82) is 0 Å². The zero-order valence-electron chi connectivity index (χ0n) is 20.1. The minimum absolute atomic E-state index is 0.0584. The third-order valence-electron chi connectivity index (χ3n) is 6.51. The molecule has 1 saturated heterocycles. The first kappa shape index (κ1) is 23.1. The third-order valence-corrected chi connectivity index (χ3v) is 6.51. The molecule has 182 valence electrons. The summed E-state index contributed by atoms with van der Waals surface area (Å²) < 4.78 is 18.9. The van der Waals surface area contributed by atoms with Crippen LogP contribution in [-0.4, -0.2) is 59.9 Å². The number of benzene rings is 2. The Kier molecular flexibility index (Phi) is 6.77. The van der Waals surface area contributed by atoms with Gasteiger partial charge in [-0.3, -0.25) is 9.69 Å². The lowest BCUT2D eigenvalue weighted by atomic mass is 10.1. The number of hydrogen-bond donors (Lipinski definition) is 0. The molecule has 2 aliphatic rings. The van der Waals surface area contributed by atoms with Crippen LogP contribution in [0, 0.1) is 0 Å². The SMILES string of the molecule is C=CCOc1cccc2c1cc(C(=O)N1CCN(Cc3ccc4c(c3)OCO4)CC1)n2C/C=C\C. The second-order valence-electron chi connectivity index (χ2n) is 8.75. The molecule has 1 aromatic heterocycles. The highest BCUT2D eigenvalue weighted by molar-refractivity contribution is 6.00. The van der Waals surface area contributed by atoms with Crippen molar-refractivity contribution in [2.45, 2.75) is 20.0 Å². The Hall–Kier alpha value is -3.71. The minimum Gasteiger partial charge on any atom is -0.489 e. The van der Waals surface area contributed by atoms with Crippen LogP contribution in [0.15, 0.2) is 67.3 Å². The van der Waals surface area contributed by atoms with Crippen LogP contribution >= 0.6 is 0 Å².